The maximum Gasteiger partial charge on any atom is 0.240 e. The molecule has 1 amide bonds. The van der Waals surface area contributed by atoms with Crippen molar-refractivity contribution in [2.75, 3.05) is 6.54 Å². The molecule has 0 unspecified atom stereocenters. The largest absolute Gasteiger partial charge is 0.459 e. The van der Waals surface area contributed by atoms with Gasteiger partial charge in [-0.2, -0.15) is 0 Å². The van der Waals surface area contributed by atoms with E-state index in [1.54, 1.807) is 0 Å². The van der Waals surface area contributed by atoms with Crippen LogP contribution in [0.25, 0.3) is 11.0 Å². The molecule has 6 nitrogen and oxygen atoms in total. The van der Waals surface area contributed by atoms with Crippen LogP contribution in [-0.2, 0) is 21.4 Å². The number of para-hydroxylation sites is 1. The van der Waals surface area contributed by atoms with Gasteiger partial charge in [0, 0.05) is 18.4 Å². The number of hydrogen-bond donors (Lipinski definition) is 2. The average Bonchev–Trinajstić information content (AvgIpc) is 3.03. The first-order valence-corrected chi connectivity index (χ1v) is 9.42. The number of carbonyl (C=O) groups excluding carboxylic acids is 1. The molecule has 2 aromatic carbocycles. The van der Waals surface area contributed by atoms with Crippen molar-refractivity contribution < 1.29 is 22.0 Å². The summed E-state index contributed by atoms with van der Waals surface area (Å²) < 4.78 is 44.8. The van der Waals surface area contributed by atoms with Crippen molar-refractivity contribution in [3.8, 4) is 0 Å². The second-order valence-electron chi connectivity index (χ2n) is 5.63. The normalized spacial score (nSPS) is 11.6. The maximum atomic E-state index is 12.8. The molecule has 0 aliphatic carbocycles. The molecule has 2 N–H and O–H groups in total. The lowest BCUT2D eigenvalue weighted by molar-refractivity contribution is -0.121. The Kier molecular flexibility index (Phi) is 5.34. The summed E-state index contributed by atoms with van der Waals surface area (Å²) in [5.41, 5.74) is 0.740. The van der Waals surface area contributed by atoms with Crippen LogP contribution >= 0.6 is 0 Å². The maximum absolute atomic E-state index is 12.8. The van der Waals surface area contributed by atoms with Crippen molar-refractivity contribution >= 4 is 26.9 Å². The zero-order chi connectivity index (χ0) is 18.6. The second-order valence-corrected chi connectivity index (χ2v) is 7.40. The van der Waals surface area contributed by atoms with E-state index < -0.39 is 15.8 Å². The molecule has 0 saturated carbocycles. The van der Waals surface area contributed by atoms with Crippen molar-refractivity contribution in [1.82, 2.24) is 10.0 Å². The number of sulfonamides is 1. The predicted octanol–water partition coefficient (Wildman–Crippen LogP) is 2.56. The standard InChI is InChI=1S/C18H17FN2O4S/c19-14-5-7-16(8-6-14)26(23,24)21-10-9-18(22)20-12-15-11-13-3-1-2-4-17(13)25-15/h1-8,11,21H,9-10,12H2,(H,20,22). The van der Waals surface area contributed by atoms with E-state index in [-0.39, 0.29) is 30.3 Å². The van der Waals surface area contributed by atoms with Crippen LogP contribution in [0.2, 0.25) is 0 Å². The van der Waals surface area contributed by atoms with E-state index in [0.29, 0.717) is 5.76 Å². The van der Waals surface area contributed by atoms with Gasteiger partial charge in [-0.15, -0.1) is 0 Å². The fourth-order valence-corrected chi connectivity index (χ4v) is 3.43. The van der Waals surface area contributed by atoms with E-state index in [9.17, 15) is 17.6 Å². The van der Waals surface area contributed by atoms with Gasteiger partial charge in [-0.3, -0.25) is 4.79 Å². The molecule has 0 aliphatic heterocycles. The summed E-state index contributed by atoms with van der Waals surface area (Å²) in [5, 5.41) is 3.62. The summed E-state index contributed by atoms with van der Waals surface area (Å²) in [4.78, 5) is 11.8. The highest BCUT2D eigenvalue weighted by Crippen LogP contribution is 2.18. The van der Waals surface area contributed by atoms with Gasteiger partial charge in [0.15, 0.2) is 0 Å². The zero-order valence-electron chi connectivity index (χ0n) is 13.7. The molecule has 0 aliphatic rings. The number of hydrogen-bond acceptors (Lipinski definition) is 4. The first-order chi connectivity index (χ1) is 12.4. The second kappa shape index (κ2) is 7.67. The first kappa shape index (κ1) is 18.1. The summed E-state index contributed by atoms with van der Waals surface area (Å²) in [6.07, 6.45) is -0.0271. The summed E-state index contributed by atoms with van der Waals surface area (Å²) in [7, 11) is -3.77. The Labute approximate surface area is 150 Å². The van der Waals surface area contributed by atoms with E-state index in [0.717, 1.165) is 23.1 Å². The van der Waals surface area contributed by atoms with Crippen LogP contribution in [-0.4, -0.2) is 20.9 Å². The van der Waals surface area contributed by atoms with Gasteiger partial charge in [0.05, 0.1) is 11.4 Å². The van der Waals surface area contributed by atoms with Crippen LogP contribution < -0.4 is 10.0 Å². The molecule has 1 heterocycles. The summed E-state index contributed by atoms with van der Waals surface area (Å²) in [6, 6.07) is 13.8. The van der Waals surface area contributed by atoms with Crippen molar-refractivity contribution in [3.63, 3.8) is 0 Å². The van der Waals surface area contributed by atoms with Gasteiger partial charge >= 0.3 is 0 Å². The van der Waals surface area contributed by atoms with Crippen LogP contribution in [0.5, 0.6) is 0 Å². The fraction of sp³-hybridized carbons (Fsp3) is 0.167. The first-order valence-electron chi connectivity index (χ1n) is 7.93. The number of halogens is 1. The predicted molar refractivity (Wildman–Crippen MR) is 94.3 cm³/mol. The molecule has 0 bridgehead atoms. The highest BCUT2D eigenvalue weighted by Gasteiger charge is 2.14. The van der Waals surface area contributed by atoms with Gasteiger partial charge in [0.1, 0.15) is 17.2 Å². The summed E-state index contributed by atoms with van der Waals surface area (Å²) in [5.74, 6) is -0.215. The number of benzene rings is 2. The van der Waals surface area contributed by atoms with Gasteiger partial charge in [-0.1, -0.05) is 18.2 Å². The van der Waals surface area contributed by atoms with E-state index in [1.165, 1.54) is 12.1 Å². The average molecular weight is 376 g/mol. The molecule has 0 fully saturated rings. The number of rotatable bonds is 7. The third kappa shape index (κ3) is 4.47. The van der Waals surface area contributed by atoms with E-state index in [4.69, 9.17) is 4.42 Å². The third-order valence-electron chi connectivity index (χ3n) is 3.70. The Bertz CT molecular complexity index is 980. The molecule has 0 radical (unpaired) electrons. The van der Waals surface area contributed by atoms with Crippen LogP contribution in [0.4, 0.5) is 4.39 Å². The highest BCUT2D eigenvalue weighted by atomic mass is 32.2. The molecule has 3 aromatic rings. The monoisotopic (exact) mass is 376 g/mol. The van der Waals surface area contributed by atoms with Crippen LogP contribution in [0.15, 0.2) is 63.9 Å². The molecule has 0 atom stereocenters. The fourth-order valence-electron chi connectivity index (χ4n) is 2.39. The number of amides is 1. The van der Waals surface area contributed by atoms with Crippen LogP contribution in [0.1, 0.15) is 12.2 Å². The molecule has 26 heavy (non-hydrogen) atoms. The lowest BCUT2D eigenvalue weighted by Gasteiger charge is -2.07. The molecule has 136 valence electrons. The van der Waals surface area contributed by atoms with Gasteiger partial charge in [-0.05, 0) is 36.4 Å². The Morgan fingerprint density at radius 2 is 1.81 bits per heavy atom. The van der Waals surface area contributed by atoms with Crippen molar-refractivity contribution in [1.29, 1.82) is 0 Å². The van der Waals surface area contributed by atoms with Gasteiger partial charge in [-0.25, -0.2) is 17.5 Å². The summed E-state index contributed by atoms with van der Waals surface area (Å²) >= 11 is 0. The minimum absolute atomic E-state index is 0.0271. The zero-order valence-corrected chi connectivity index (χ0v) is 14.6. The SMILES string of the molecule is O=C(CCNS(=O)(=O)c1ccc(F)cc1)NCc1cc2ccccc2o1. The Morgan fingerprint density at radius 3 is 2.54 bits per heavy atom. The minimum Gasteiger partial charge on any atom is -0.459 e. The van der Waals surface area contributed by atoms with Crippen molar-refractivity contribution in [2.45, 2.75) is 17.9 Å². The van der Waals surface area contributed by atoms with Crippen LogP contribution in [0.3, 0.4) is 0 Å². The van der Waals surface area contributed by atoms with Gasteiger partial charge in [0.2, 0.25) is 15.9 Å². The molecule has 8 heteroatoms. The summed E-state index contributed by atoms with van der Waals surface area (Å²) in [6.45, 7) is 0.157. The lowest BCUT2D eigenvalue weighted by Crippen LogP contribution is -2.30. The van der Waals surface area contributed by atoms with E-state index in [2.05, 4.69) is 10.0 Å². The van der Waals surface area contributed by atoms with E-state index in [1.807, 2.05) is 30.3 Å². The van der Waals surface area contributed by atoms with Gasteiger partial charge < -0.3 is 9.73 Å². The van der Waals surface area contributed by atoms with Crippen molar-refractivity contribution in [2.24, 2.45) is 0 Å². The Balaban J connectivity index is 1.47. The lowest BCUT2D eigenvalue weighted by atomic mass is 10.2. The Hall–Kier alpha value is -2.71. The number of carbonyl (C=O) groups is 1. The van der Waals surface area contributed by atoms with Crippen LogP contribution in [0, 0.1) is 5.82 Å². The third-order valence-corrected chi connectivity index (χ3v) is 5.18. The quantitative estimate of drug-likeness (QED) is 0.663. The van der Waals surface area contributed by atoms with Crippen molar-refractivity contribution in [3.05, 3.63) is 66.2 Å². The molecule has 3 rings (SSSR count). The molecular weight excluding hydrogens is 359 g/mol. The highest BCUT2D eigenvalue weighted by molar-refractivity contribution is 7.89. The van der Waals surface area contributed by atoms with Gasteiger partial charge in [0.25, 0.3) is 0 Å². The Morgan fingerprint density at radius 1 is 1.08 bits per heavy atom. The topological polar surface area (TPSA) is 88.4 Å². The van der Waals surface area contributed by atoms with E-state index >= 15 is 0 Å². The smallest absolute Gasteiger partial charge is 0.240 e. The molecular formula is C18H17FN2O4S. The number of furan rings is 1. The number of fused-ring (bicyclic) bond motifs is 1. The minimum atomic E-state index is -3.77. The number of nitrogens with one attached hydrogen (secondary N) is 2. The molecule has 1 aromatic heterocycles. The molecule has 0 spiro atoms. The molecule has 0 saturated heterocycles.